The minimum absolute atomic E-state index is 0.0145. The molecule has 19 heavy (non-hydrogen) atoms. The van der Waals surface area contributed by atoms with Gasteiger partial charge in [0.05, 0.1) is 18.4 Å². The van der Waals surface area contributed by atoms with Crippen LogP contribution >= 0.6 is 0 Å². The number of carboxylic acid groups (broad SMARTS) is 1. The number of hydrogen-bond donors (Lipinski definition) is 2. The number of carboxylic acids is 1. The van der Waals surface area contributed by atoms with Crippen LogP contribution in [0.2, 0.25) is 0 Å². The van der Waals surface area contributed by atoms with Crippen molar-refractivity contribution in [2.24, 2.45) is 5.92 Å². The summed E-state index contributed by atoms with van der Waals surface area (Å²) in [6.07, 6.45) is 6.86. The maximum atomic E-state index is 12.0. The van der Waals surface area contributed by atoms with E-state index in [4.69, 9.17) is 9.84 Å². The van der Waals surface area contributed by atoms with Gasteiger partial charge in [-0.2, -0.15) is 0 Å². The summed E-state index contributed by atoms with van der Waals surface area (Å²) in [5.74, 6) is -1.28. The molecule has 3 unspecified atom stereocenters. The number of carbonyl (C=O) groups is 2. The Morgan fingerprint density at radius 2 is 1.84 bits per heavy atom. The van der Waals surface area contributed by atoms with Crippen molar-refractivity contribution in [3.05, 3.63) is 0 Å². The molecule has 1 aliphatic carbocycles. The van der Waals surface area contributed by atoms with Crippen molar-refractivity contribution in [2.75, 3.05) is 6.61 Å². The zero-order valence-electron chi connectivity index (χ0n) is 11.3. The minimum atomic E-state index is -0.793. The average Bonchev–Trinajstić information content (AvgIpc) is 2.40. The average molecular weight is 269 g/mol. The molecule has 1 saturated heterocycles. The number of ether oxygens (including phenoxy) is 1. The van der Waals surface area contributed by atoms with E-state index in [2.05, 4.69) is 5.32 Å². The van der Waals surface area contributed by atoms with Crippen molar-refractivity contribution >= 4 is 11.9 Å². The molecule has 108 valence electrons. The molecule has 0 aromatic rings. The molecule has 5 heteroatoms. The summed E-state index contributed by atoms with van der Waals surface area (Å²) in [5.41, 5.74) is 0. The van der Waals surface area contributed by atoms with Gasteiger partial charge in [0.2, 0.25) is 5.91 Å². The Balaban J connectivity index is 1.80. The second-order valence-electron chi connectivity index (χ2n) is 5.60. The first kappa shape index (κ1) is 14.3. The van der Waals surface area contributed by atoms with Crippen LogP contribution in [-0.2, 0) is 14.3 Å². The van der Waals surface area contributed by atoms with Crippen molar-refractivity contribution in [3.63, 3.8) is 0 Å². The Labute approximate surface area is 113 Å². The number of nitrogens with one attached hydrogen (secondary N) is 1. The molecule has 0 spiro atoms. The lowest BCUT2D eigenvalue weighted by Gasteiger charge is -2.30. The third kappa shape index (κ3) is 4.20. The zero-order chi connectivity index (χ0) is 13.7. The normalized spacial score (nSPS) is 31.7. The highest BCUT2D eigenvalue weighted by molar-refractivity contribution is 5.78. The molecule has 1 aliphatic heterocycles. The molecule has 0 aromatic carbocycles. The topological polar surface area (TPSA) is 75.6 Å². The lowest BCUT2D eigenvalue weighted by atomic mass is 9.84. The third-order valence-electron chi connectivity index (χ3n) is 4.12. The van der Waals surface area contributed by atoms with Crippen LogP contribution in [0.15, 0.2) is 0 Å². The van der Waals surface area contributed by atoms with Crippen molar-refractivity contribution in [2.45, 2.75) is 63.5 Å². The van der Waals surface area contributed by atoms with Gasteiger partial charge in [-0.15, -0.1) is 0 Å². The summed E-state index contributed by atoms with van der Waals surface area (Å²) in [6, 6.07) is -0.206. The molecule has 2 aliphatic rings. The van der Waals surface area contributed by atoms with Gasteiger partial charge in [0.1, 0.15) is 0 Å². The van der Waals surface area contributed by atoms with Crippen LogP contribution in [0, 0.1) is 5.92 Å². The molecule has 1 amide bonds. The smallest absolute Gasteiger partial charge is 0.308 e. The number of amides is 1. The Morgan fingerprint density at radius 3 is 2.53 bits per heavy atom. The third-order valence-corrected chi connectivity index (χ3v) is 4.12. The van der Waals surface area contributed by atoms with Crippen LogP contribution in [-0.4, -0.2) is 35.7 Å². The van der Waals surface area contributed by atoms with Crippen LogP contribution in [0.5, 0.6) is 0 Å². The van der Waals surface area contributed by atoms with Gasteiger partial charge < -0.3 is 15.2 Å². The molecule has 1 heterocycles. The summed E-state index contributed by atoms with van der Waals surface area (Å²) in [7, 11) is 0. The Kier molecular flexibility index (Phi) is 5.19. The summed E-state index contributed by atoms with van der Waals surface area (Å²) in [6.45, 7) is 0.735. The fourth-order valence-corrected chi connectivity index (χ4v) is 3.04. The van der Waals surface area contributed by atoms with E-state index >= 15 is 0 Å². The molecule has 1 saturated carbocycles. The van der Waals surface area contributed by atoms with Gasteiger partial charge in [0, 0.05) is 12.6 Å². The van der Waals surface area contributed by atoms with Crippen LogP contribution < -0.4 is 5.32 Å². The molecule has 3 atom stereocenters. The SMILES string of the molecule is O=C(CC1CCCCO1)NC1CCCCC1C(=O)O. The van der Waals surface area contributed by atoms with Gasteiger partial charge >= 0.3 is 5.97 Å². The minimum Gasteiger partial charge on any atom is -0.481 e. The predicted molar refractivity (Wildman–Crippen MR) is 69.7 cm³/mol. The highest BCUT2D eigenvalue weighted by Gasteiger charge is 2.32. The Bertz CT molecular complexity index is 325. The van der Waals surface area contributed by atoms with Gasteiger partial charge in [0.25, 0.3) is 0 Å². The molecule has 0 radical (unpaired) electrons. The quantitative estimate of drug-likeness (QED) is 0.814. The van der Waals surface area contributed by atoms with E-state index in [0.717, 1.165) is 45.1 Å². The maximum absolute atomic E-state index is 12.0. The van der Waals surface area contributed by atoms with Crippen molar-refractivity contribution in [1.82, 2.24) is 5.32 Å². The second-order valence-corrected chi connectivity index (χ2v) is 5.60. The van der Waals surface area contributed by atoms with Gasteiger partial charge in [-0.3, -0.25) is 9.59 Å². The fraction of sp³-hybridized carbons (Fsp3) is 0.857. The van der Waals surface area contributed by atoms with Gasteiger partial charge in [-0.1, -0.05) is 12.8 Å². The van der Waals surface area contributed by atoms with Crippen LogP contribution in [0.3, 0.4) is 0 Å². The molecule has 2 fully saturated rings. The number of hydrogen-bond acceptors (Lipinski definition) is 3. The summed E-state index contributed by atoms with van der Waals surface area (Å²) < 4.78 is 5.53. The molecule has 0 bridgehead atoms. The van der Waals surface area contributed by atoms with Crippen LogP contribution in [0.25, 0.3) is 0 Å². The largest absolute Gasteiger partial charge is 0.481 e. The highest BCUT2D eigenvalue weighted by Crippen LogP contribution is 2.25. The van der Waals surface area contributed by atoms with Gasteiger partial charge in [-0.05, 0) is 32.1 Å². The van der Waals surface area contributed by atoms with Crippen molar-refractivity contribution < 1.29 is 19.4 Å². The lowest BCUT2D eigenvalue weighted by molar-refractivity contribution is -0.144. The van der Waals surface area contributed by atoms with E-state index in [1.807, 2.05) is 0 Å². The first-order valence-electron chi connectivity index (χ1n) is 7.30. The van der Waals surface area contributed by atoms with Crippen LogP contribution in [0.1, 0.15) is 51.4 Å². The number of carbonyl (C=O) groups excluding carboxylic acids is 1. The standard InChI is InChI=1S/C14H23NO4/c16-13(9-10-5-3-4-8-19-10)15-12-7-2-1-6-11(12)14(17)18/h10-12H,1-9H2,(H,15,16)(H,17,18). The molecule has 0 aromatic heterocycles. The van der Waals surface area contributed by atoms with Crippen LogP contribution in [0.4, 0.5) is 0 Å². The fourth-order valence-electron chi connectivity index (χ4n) is 3.04. The Morgan fingerprint density at radius 1 is 1.11 bits per heavy atom. The van der Waals surface area contributed by atoms with Crippen molar-refractivity contribution in [3.8, 4) is 0 Å². The predicted octanol–water partition coefficient (Wildman–Crippen LogP) is 1.71. The first-order chi connectivity index (χ1) is 9.16. The van der Waals surface area contributed by atoms with E-state index in [-0.39, 0.29) is 18.1 Å². The lowest BCUT2D eigenvalue weighted by Crippen LogP contribution is -2.46. The van der Waals surface area contributed by atoms with E-state index in [0.29, 0.717) is 12.8 Å². The maximum Gasteiger partial charge on any atom is 0.308 e. The molecule has 2 rings (SSSR count). The van der Waals surface area contributed by atoms with E-state index in [9.17, 15) is 9.59 Å². The summed E-state index contributed by atoms with van der Waals surface area (Å²) in [5, 5.41) is 12.1. The molecule has 5 nitrogen and oxygen atoms in total. The monoisotopic (exact) mass is 269 g/mol. The van der Waals surface area contributed by atoms with Gasteiger partial charge in [-0.25, -0.2) is 0 Å². The second kappa shape index (κ2) is 6.89. The van der Waals surface area contributed by atoms with Crippen molar-refractivity contribution in [1.29, 1.82) is 0 Å². The number of rotatable bonds is 4. The van der Waals surface area contributed by atoms with E-state index < -0.39 is 11.9 Å². The first-order valence-corrected chi connectivity index (χ1v) is 7.30. The van der Waals surface area contributed by atoms with E-state index in [1.165, 1.54) is 0 Å². The Hall–Kier alpha value is -1.10. The summed E-state index contributed by atoms with van der Waals surface area (Å²) >= 11 is 0. The van der Waals surface area contributed by atoms with Gasteiger partial charge in [0.15, 0.2) is 0 Å². The zero-order valence-corrected chi connectivity index (χ0v) is 11.3. The number of aliphatic carboxylic acids is 1. The molecular weight excluding hydrogens is 246 g/mol. The molecular formula is C14H23NO4. The van der Waals surface area contributed by atoms with E-state index in [1.54, 1.807) is 0 Å². The highest BCUT2D eigenvalue weighted by atomic mass is 16.5. The molecule has 2 N–H and O–H groups in total. The summed E-state index contributed by atoms with van der Waals surface area (Å²) in [4.78, 5) is 23.1.